The van der Waals surface area contributed by atoms with Crippen molar-refractivity contribution in [3.63, 3.8) is 0 Å². The van der Waals surface area contributed by atoms with E-state index >= 15 is 0 Å². The molecule has 0 saturated heterocycles. The van der Waals surface area contributed by atoms with E-state index in [4.69, 9.17) is 0 Å². The normalized spacial score (nSPS) is 13.9. The lowest BCUT2D eigenvalue weighted by molar-refractivity contribution is 0.356. The molecule has 0 saturated carbocycles. The fourth-order valence-electron chi connectivity index (χ4n) is 2.18. The van der Waals surface area contributed by atoms with E-state index in [1.807, 2.05) is 11.7 Å². The maximum Gasteiger partial charge on any atom is 0.0628 e. The van der Waals surface area contributed by atoms with Crippen LogP contribution in [0.1, 0.15) is 51.1 Å². The molecular weight excluding hydrogens is 222 g/mol. The van der Waals surface area contributed by atoms with E-state index in [1.165, 1.54) is 23.4 Å². The number of hydrogen-bond donors (Lipinski definition) is 1. The van der Waals surface area contributed by atoms with E-state index in [9.17, 15) is 0 Å². The largest absolute Gasteiger partial charge is 0.314 e. The summed E-state index contributed by atoms with van der Waals surface area (Å²) in [5.41, 5.74) is 4.26. The first kappa shape index (κ1) is 15.2. The molecule has 0 radical (unpaired) electrons. The van der Waals surface area contributed by atoms with Crippen molar-refractivity contribution in [3.05, 3.63) is 17.0 Å². The summed E-state index contributed by atoms with van der Waals surface area (Å²) in [7, 11) is 2.02. The van der Waals surface area contributed by atoms with E-state index in [0.717, 1.165) is 13.0 Å². The Morgan fingerprint density at radius 3 is 2.33 bits per heavy atom. The highest BCUT2D eigenvalue weighted by molar-refractivity contribution is 5.25. The number of rotatable bonds is 5. The molecule has 0 aliphatic rings. The van der Waals surface area contributed by atoms with Crippen LogP contribution in [0.15, 0.2) is 0 Å². The van der Waals surface area contributed by atoms with Gasteiger partial charge in [0.05, 0.1) is 5.69 Å². The molecule has 1 heterocycles. The van der Waals surface area contributed by atoms with Crippen LogP contribution in [0.3, 0.4) is 0 Å². The van der Waals surface area contributed by atoms with Gasteiger partial charge >= 0.3 is 0 Å². The zero-order valence-corrected chi connectivity index (χ0v) is 13.1. The zero-order chi connectivity index (χ0) is 13.9. The Morgan fingerprint density at radius 1 is 1.28 bits per heavy atom. The molecule has 0 aliphatic heterocycles. The summed E-state index contributed by atoms with van der Waals surface area (Å²) in [6.07, 6.45) is 2.28. The Bertz CT molecular complexity index is 385. The summed E-state index contributed by atoms with van der Waals surface area (Å²) < 4.78 is 1.98. The lowest BCUT2D eigenvalue weighted by Crippen LogP contribution is -2.31. The van der Waals surface area contributed by atoms with E-state index in [-0.39, 0.29) is 0 Å². The van der Waals surface area contributed by atoms with Gasteiger partial charge in [0.25, 0.3) is 0 Å². The highest BCUT2D eigenvalue weighted by atomic mass is 15.3. The van der Waals surface area contributed by atoms with Gasteiger partial charge in [-0.05, 0) is 51.1 Å². The SMILES string of the molecule is Cc1nn(C)c(C)c1C[C@H](C)NCCC(C)(C)C. The summed E-state index contributed by atoms with van der Waals surface area (Å²) in [6.45, 7) is 14.5. The fourth-order valence-corrected chi connectivity index (χ4v) is 2.18. The van der Waals surface area contributed by atoms with E-state index in [0.29, 0.717) is 11.5 Å². The summed E-state index contributed by atoms with van der Waals surface area (Å²) in [5.74, 6) is 0. The lowest BCUT2D eigenvalue weighted by Gasteiger charge is -2.20. The third kappa shape index (κ3) is 4.45. The maximum atomic E-state index is 4.47. The van der Waals surface area contributed by atoms with Crippen LogP contribution < -0.4 is 5.32 Å². The molecule has 0 unspecified atom stereocenters. The Kier molecular flexibility index (Phi) is 4.97. The molecular formula is C15H29N3. The molecule has 0 bridgehead atoms. The van der Waals surface area contributed by atoms with Crippen LogP contribution in [0.25, 0.3) is 0 Å². The van der Waals surface area contributed by atoms with Crippen molar-refractivity contribution in [3.8, 4) is 0 Å². The van der Waals surface area contributed by atoms with Crippen molar-refractivity contribution in [1.82, 2.24) is 15.1 Å². The third-order valence-corrected chi connectivity index (χ3v) is 3.54. The predicted molar refractivity (Wildman–Crippen MR) is 77.9 cm³/mol. The molecule has 104 valence electrons. The van der Waals surface area contributed by atoms with Gasteiger partial charge in [-0.15, -0.1) is 0 Å². The Morgan fingerprint density at radius 2 is 1.89 bits per heavy atom. The van der Waals surface area contributed by atoms with Gasteiger partial charge in [0.1, 0.15) is 0 Å². The number of hydrogen-bond acceptors (Lipinski definition) is 2. The number of nitrogens with one attached hydrogen (secondary N) is 1. The number of aromatic nitrogens is 2. The summed E-state index contributed by atoms with van der Waals surface area (Å²) in [5, 5.41) is 8.09. The first-order valence-corrected chi connectivity index (χ1v) is 6.93. The Hall–Kier alpha value is -0.830. The Labute approximate surface area is 112 Å². The first-order chi connectivity index (χ1) is 8.20. The molecule has 1 aromatic rings. The van der Waals surface area contributed by atoms with Crippen molar-refractivity contribution < 1.29 is 0 Å². The van der Waals surface area contributed by atoms with Crippen molar-refractivity contribution in [1.29, 1.82) is 0 Å². The van der Waals surface area contributed by atoms with Gasteiger partial charge in [-0.1, -0.05) is 20.8 Å². The topological polar surface area (TPSA) is 29.9 Å². The average Bonchev–Trinajstić information content (AvgIpc) is 2.43. The van der Waals surface area contributed by atoms with Crippen molar-refractivity contribution in [2.45, 2.75) is 60.4 Å². The lowest BCUT2D eigenvalue weighted by atomic mass is 9.92. The molecule has 18 heavy (non-hydrogen) atoms. The predicted octanol–water partition coefficient (Wildman–Crippen LogP) is 2.99. The highest BCUT2D eigenvalue weighted by Gasteiger charge is 2.14. The van der Waals surface area contributed by atoms with Gasteiger partial charge in [-0.2, -0.15) is 5.10 Å². The minimum Gasteiger partial charge on any atom is -0.314 e. The molecule has 1 atom stereocenters. The first-order valence-electron chi connectivity index (χ1n) is 6.93. The van der Waals surface area contributed by atoms with Crippen molar-refractivity contribution in [2.24, 2.45) is 12.5 Å². The molecule has 0 fully saturated rings. The number of aryl methyl sites for hydroxylation is 2. The smallest absolute Gasteiger partial charge is 0.0628 e. The van der Waals surface area contributed by atoms with Gasteiger partial charge in [-0.3, -0.25) is 4.68 Å². The monoisotopic (exact) mass is 251 g/mol. The third-order valence-electron chi connectivity index (χ3n) is 3.54. The van der Waals surface area contributed by atoms with Crippen LogP contribution >= 0.6 is 0 Å². The minimum atomic E-state index is 0.410. The summed E-state index contributed by atoms with van der Waals surface area (Å²) in [4.78, 5) is 0. The fraction of sp³-hybridized carbons (Fsp3) is 0.800. The van der Waals surface area contributed by atoms with Crippen LogP contribution in [0, 0.1) is 19.3 Å². The molecule has 0 amide bonds. The van der Waals surface area contributed by atoms with Crippen LogP contribution in [0.2, 0.25) is 0 Å². The maximum absolute atomic E-state index is 4.47. The zero-order valence-electron chi connectivity index (χ0n) is 13.1. The molecule has 0 spiro atoms. The van der Waals surface area contributed by atoms with E-state index in [2.05, 4.69) is 52.0 Å². The molecule has 0 aromatic carbocycles. The van der Waals surface area contributed by atoms with E-state index in [1.54, 1.807) is 0 Å². The van der Waals surface area contributed by atoms with Gasteiger partial charge < -0.3 is 5.32 Å². The summed E-state index contributed by atoms with van der Waals surface area (Å²) >= 11 is 0. The molecule has 1 rings (SSSR count). The summed E-state index contributed by atoms with van der Waals surface area (Å²) in [6, 6.07) is 0.508. The molecule has 3 nitrogen and oxygen atoms in total. The van der Waals surface area contributed by atoms with Gasteiger partial charge in [0.2, 0.25) is 0 Å². The molecule has 3 heteroatoms. The standard InChI is InChI=1S/C15H29N3/c1-11(16-9-8-15(4,5)6)10-14-12(2)17-18(7)13(14)3/h11,16H,8-10H2,1-7H3/t11-/m0/s1. The Balaban J connectivity index is 2.47. The molecule has 1 N–H and O–H groups in total. The van der Waals surface area contributed by atoms with Gasteiger partial charge in [-0.25, -0.2) is 0 Å². The molecule has 1 aromatic heterocycles. The highest BCUT2D eigenvalue weighted by Crippen LogP contribution is 2.18. The number of nitrogens with zero attached hydrogens (tertiary/aromatic N) is 2. The molecule has 0 aliphatic carbocycles. The van der Waals surface area contributed by atoms with Crippen LogP contribution in [-0.4, -0.2) is 22.4 Å². The van der Waals surface area contributed by atoms with Crippen LogP contribution in [0.4, 0.5) is 0 Å². The second-order valence-electron chi connectivity index (χ2n) is 6.64. The van der Waals surface area contributed by atoms with Gasteiger partial charge in [0, 0.05) is 18.8 Å². The average molecular weight is 251 g/mol. The van der Waals surface area contributed by atoms with E-state index < -0.39 is 0 Å². The minimum absolute atomic E-state index is 0.410. The van der Waals surface area contributed by atoms with Crippen molar-refractivity contribution in [2.75, 3.05) is 6.54 Å². The van der Waals surface area contributed by atoms with Crippen LogP contribution in [0.5, 0.6) is 0 Å². The quantitative estimate of drug-likeness (QED) is 0.872. The van der Waals surface area contributed by atoms with Crippen molar-refractivity contribution >= 4 is 0 Å². The van der Waals surface area contributed by atoms with Gasteiger partial charge in [0.15, 0.2) is 0 Å². The second-order valence-corrected chi connectivity index (χ2v) is 6.64. The second kappa shape index (κ2) is 5.87. The van der Waals surface area contributed by atoms with Crippen LogP contribution in [-0.2, 0) is 13.5 Å².